The van der Waals surface area contributed by atoms with Crippen LogP contribution in [0, 0.1) is 16.7 Å². The molecule has 2 aliphatic carbocycles. The van der Waals surface area contributed by atoms with Gasteiger partial charge in [-0.2, -0.15) is 0 Å². The van der Waals surface area contributed by atoms with Crippen LogP contribution < -0.4 is 0 Å². The van der Waals surface area contributed by atoms with Crippen LogP contribution in [0.4, 0.5) is 0 Å². The molecule has 2 aliphatic rings. The molecule has 2 bridgehead atoms. The maximum Gasteiger partial charge on any atom is 0.215 e. The van der Waals surface area contributed by atoms with Gasteiger partial charge in [0, 0.05) is 19.6 Å². The number of fused-ring (bicyclic) bond motifs is 2. The fraction of sp³-hybridized carbons (Fsp3) is 0.609. The zero-order valence-electron chi connectivity index (χ0n) is 17.6. The molecule has 0 radical (unpaired) electrons. The van der Waals surface area contributed by atoms with Gasteiger partial charge in [0.2, 0.25) is 5.79 Å². The zero-order valence-corrected chi connectivity index (χ0v) is 17.6. The van der Waals surface area contributed by atoms with Gasteiger partial charge in [-0.05, 0) is 47.0 Å². The first-order valence-corrected chi connectivity index (χ1v) is 9.87. The number of Topliss-reactive ketones (excluding diaryl/α,β-unsaturated/α-hetero) is 1. The Labute approximate surface area is 167 Å². The number of hydrogen-bond acceptors (Lipinski definition) is 5. The molecule has 3 rings (SSSR count). The van der Waals surface area contributed by atoms with Crippen molar-refractivity contribution in [1.82, 2.24) is 0 Å². The average molecular weight is 389 g/mol. The Morgan fingerprint density at radius 3 is 2.32 bits per heavy atom. The number of methoxy groups -OCH3 is 2. The molecule has 2 saturated carbocycles. The van der Waals surface area contributed by atoms with Gasteiger partial charge in [0.05, 0.1) is 13.2 Å². The highest BCUT2D eigenvalue weighted by Crippen LogP contribution is 2.65. The summed E-state index contributed by atoms with van der Waals surface area (Å²) in [7, 11) is 2.95. The summed E-state index contributed by atoms with van der Waals surface area (Å²) in [5, 5.41) is 9.40. The number of aliphatic hydroxyl groups excluding tert-OH is 1. The minimum absolute atomic E-state index is 0.0333. The van der Waals surface area contributed by atoms with E-state index in [9.17, 15) is 9.90 Å². The largest absolute Gasteiger partial charge is 0.391 e. The normalized spacial score (nSPS) is 27.7. The maximum absolute atomic E-state index is 13.0. The summed E-state index contributed by atoms with van der Waals surface area (Å²) in [6.07, 6.45) is 4.16. The second-order valence-electron chi connectivity index (χ2n) is 8.79. The molecule has 1 aromatic carbocycles. The van der Waals surface area contributed by atoms with Crippen molar-refractivity contribution in [2.24, 2.45) is 16.7 Å². The summed E-state index contributed by atoms with van der Waals surface area (Å²) < 4.78 is 16.0. The van der Waals surface area contributed by atoms with Gasteiger partial charge in [0.15, 0.2) is 5.78 Å². The van der Waals surface area contributed by atoms with Crippen molar-refractivity contribution >= 4 is 11.9 Å². The summed E-state index contributed by atoms with van der Waals surface area (Å²) in [4.78, 5) is 13.0. The average Bonchev–Trinajstić information content (AvgIpc) is 3.01. The van der Waals surface area contributed by atoms with Gasteiger partial charge in [-0.1, -0.05) is 45.0 Å². The molecular formula is C23H32O5. The number of ether oxygens (including phenoxy) is 3. The van der Waals surface area contributed by atoms with E-state index in [0.29, 0.717) is 18.3 Å². The van der Waals surface area contributed by atoms with E-state index in [2.05, 4.69) is 26.8 Å². The molecule has 1 N–H and O–H groups in total. The molecule has 5 heteroatoms. The lowest BCUT2D eigenvalue weighted by atomic mass is 9.70. The van der Waals surface area contributed by atoms with Crippen molar-refractivity contribution in [3.8, 4) is 0 Å². The minimum Gasteiger partial charge on any atom is -0.391 e. The van der Waals surface area contributed by atoms with E-state index in [1.165, 1.54) is 14.2 Å². The SMILES string of the molecule is COC(CO)(COCc1ccc(/C=C2\C(=O)C3(C)CCC2C3(C)C)cc1)OC. The van der Waals surface area contributed by atoms with Crippen LogP contribution >= 0.6 is 0 Å². The third kappa shape index (κ3) is 3.35. The topological polar surface area (TPSA) is 65.0 Å². The van der Waals surface area contributed by atoms with Gasteiger partial charge < -0.3 is 19.3 Å². The Morgan fingerprint density at radius 1 is 1.18 bits per heavy atom. The quantitative estimate of drug-likeness (QED) is 0.545. The van der Waals surface area contributed by atoms with E-state index in [4.69, 9.17) is 14.2 Å². The number of carbonyl (C=O) groups excluding carboxylic acids is 1. The lowest BCUT2D eigenvalue weighted by molar-refractivity contribution is -0.253. The first-order chi connectivity index (χ1) is 13.2. The van der Waals surface area contributed by atoms with E-state index < -0.39 is 5.79 Å². The Kier molecular flexibility index (Phi) is 5.84. The molecule has 28 heavy (non-hydrogen) atoms. The summed E-state index contributed by atoms with van der Waals surface area (Å²) in [6.45, 7) is 6.83. The lowest BCUT2D eigenvalue weighted by Crippen LogP contribution is -2.42. The van der Waals surface area contributed by atoms with Crippen molar-refractivity contribution in [3.63, 3.8) is 0 Å². The van der Waals surface area contributed by atoms with Gasteiger partial charge in [0.1, 0.15) is 6.61 Å². The molecule has 2 fully saturated rings. The van der Waals surface area contributed by atoms with Gasteiger partial charge >= 0.3 is 0 Å². The number of hydrogen-bond donors (Lipinski definition) is 1. The predicted molar refractivity (Wildman–Crippen MR) is 108 cm³/mol. The van der Waals surface area contributed by atoms with Crippen LogP contribution in [0.1, 0.15) is 44.7 Å². The van der Waals surface area contributed by atoms with Crippen molar-refractivity contribution in [2.45, 2.75) is 46.0 Å². The second-order valence-corrected chi connectivity index (χ2v) is 8.79. The minimum atomic E-state index is -1.13. The Balaban J connectivity index is 1.66. The van der Waals surface area contributed by atoms with E-state index in [1.807, 2.05) is 24.3 Å². The van der Waals surface area contributed by atoms with Gasteiger partial charge in [-0.15, -0.1) is 0 Å². The predicted octanol–water partition coefficient (Wildman–Crippen LogP) is 3.59. The van der Waals surface area contributed by atoms with Crippen LogP contribution in [0.3, 0.4) is 0 Å². The Morgan fingerprint density at radius 2 is 1.82 bits per heavy atom. The van der Waals surface area contributed by atoms with E-state index in [-0.39, 0.29) is 24.0 Å². The third-order valence-electron chi connectivity index (χ3n) is 7.24. The van der Waals surface area contributed by atoms with Gasteiger partial charge in [-0.25, -0.2) is 0 Å². The Bertz CT molecular complexity index is 736. The highest BCUT2D eigenvalue weighted by atomic mass is 16.7. The molecule has 0 spiro atoms. The van der Waals surface area contributed by atoms with E-state index in [0.717, 1.165) is 29.5 Å². The van der Waals surface area contributed by atoms with Crippen LogP contribution in [-0.4, -0.2) is 44.1 Å². The number of ketones is 1. The van der Waals surface area contributed by atoms with Crippen LogP contribution in [0.25, 0.3) is 6.08 Å². The summed E-state index contributed by atoms with van der Waals surface area (Å²) in [6, 6.07) is 8.03. The molecule has 1 aromatic rings. The molecule has 0 aromatic heterocycles. The van der Waals surface area contributed by atoms with Crippen molar-refractivity contribution in [3.05, 3.63) is 41.0 Å². The number of carbonyl (C=O) groups is 1. The fourth-order valence-corrected chi connectivity index (χ4v) is 4.68. The highest BCUT2D eigenvalue weighted by Gasteiger charge is 2.63. The van der Waals surface area contributed by atoms with Gasteiger partial charge in [0.25, 0.3) is 0 Å². The summed E-state index contributed by atoms with van der Waals surface area (Å²) in [5.74, 6) is -0.460. The van der Waals surface area contributed by atoms with Crippen LogP contribution in [0.2, 0.25) is 0 Å². The number of allylic oxidation sites excluding steroid dienone is 1. The lowest BCUT2D eigenvalue weighted by Gasteiger charge is -2.31. The molecule has 0 aliphatic heterocycles. The third-order valence-corrected chi connectivity index (χ3v) is 7.24. The molecule has 0 heterocycles. The molecule has 0 saturated heterocycles. The van der Waals surface area contributed by atoms with E-state index in [1.54, 1.807) is 0 Å². The fourth-order valence-electron chi connectivity index (χ4n) is 4.68. The van der Waals surface area contributed by atoms with Crippen molar-refractivity contribution < 1.29 is 24.1 Å². The first-order valence-electron chi connectivity index (χ1n) is 9.87. The zero-order chi connectivity index (χ0) is 20.6. The molecule has 5 nitrogen and oxygen atoms in total. The van der Waals surface area contributed by atoms with Crippen LogP contribution in [0.15, 0.2) is 29.8 Å². The smallest absolute Gasteiger partial charge is 0.215 e. The van der Waals surface area contributed by atoms with Crippen LogP contribution in [0.5, 0.6) is 0 Å². The molecule has 0 amide bonds. The summed E-state index contributed by atoms with van der Waals surface area (Å²) in [5.41, 5.74) is 2.84. The number of benzene rings is 1. The molecule has 2 atom stereocenters. The summed E-state index contributed by atoms with van der Waals surface area (Å²) >= 11 is 0. The highest BCUT2D eigenvalue weighted by molar-refractivity contribution is 6.07. The van der Waals surface area contributed by atoms with E-state index >= 15 is 0 Å². The number of aliphatic hydroxyl groups is 1. The molecular weight excluding hydrogens is 356 g/mol. The van der Waals surface area contributed by atoms with Crippen molar-refractivity contribution in [1.29, 1.82) is 0 Å². The van der Waals surface area contributed by atoms with Crippen LogP contribution in [-0.2, 0) is 25.6 Å². The monoisotopic (exact) mass is 388 g/mol. The first kappa shape index (κ1) is 21.2. The van der Waals surface area contributed by atoms with Gasteiger partial charge in [-0.3, -0.25) is 4.79 Å². The standard InChI is InChI=1S/C23H32O5/c1-21(2)19-10-11-22(21,3)20(25)18(19)12-16-6-8-17(9-7-16)13-28-15-23(14-24,26-4)27-5/h6-9,12,19,24H,10-11,13-15H2,1-5H3/b18-12-. The number of rotatable bonds is 8. The molecule has 154 valence electrons. The van der Waals surface area contributed by atoms with Crippen molar-refractivity contribution in [2.75, 3.05) is 27.4 Å². The second kappa shape index (κ2) is 7.71. The molecule has 2 unspecified atom stereocenters. The Hall–Kier alpha value is -1.53. The maximum atomic E-state index is 13.0.